The Morgan fingerprint density at radius 2 is 1.71 bits per heavy atom. The lowest BCUT2D eigenvalue weighted by Gasteiger charge is -2.43. The summed E-state index contributed by atoms with van der Waals surface area (Å²) in [6.45, 7) is 10.1. The number of amides is 4. The van der Waals surface area contributed by atoms with Gasteiger partial charge >= 0.3 is 0 Å². The van der Waals surface area contributed by atoms with Crippen molar-refractivity contribution >= 4 is 59.1 Å². The lowest BCUT2D eigenvalue weighted by Crippen LogP contribution is -2.54. The summed E-state index contributed by atoms with van der Waals surface area (Å²) < 4.78 is 24.7. The Hall–Kier alpha value is -5.34. The quantitative estimate of drug-likeness (QED) is 0.0883. The van der Waals surface area contributed by atoms with Gasteiger partial charge in [0.05, 0.1) is 37.5 Å². The van der Waals surface area contributed by atoms with Gasteiger partial charge in [-0.3, -0.25) is 29.4 Å². The van der Waals surface area contributed by atoms with E-state index in [1.54, 1.807) is 37.6 Å². The smallest absolute Gasteiger partial charge is 0.255 e. The van der Waals surface area contributed by atoms with Crippen molar-refractivity contribution in [1.29, 1.82) is 0 Å². The number of halogens is 1. The van der Waals surface area contributed by atoms with E-state index in [-0.39, 0.29) is 24.1 Å². The molecule has 1 atom stereocenters. The van der Waals surface area contributed by atoms with Gasteiger partial charge in [0, 0.05) is 123 Å². The third-order valence-corrected chi connectivity index (χ3v) is 14.9. The minimum atomic E-state index is -2.48. The predicted octanol–water partition coefficient (Wildman–Crippen LogP) is 4.96. The summed E-state index contributed by atoms with van der Waals surface area (Å²) in [4.78, 5) is 68.1. The maximum Gasteiger partial charge on any atom is 0.255 e. The van der Waals surface area contributed by atoms with E-state index in [0.717, 1.165) is 78.1 Å². The highest BCUT2D eigenvalue weighted by molar-refractivity contribution is 7.70. The van der Waals surface area contributed by atoms with Crippen LogP contribution in [0, 0.1) is 0 Å². The number of carbonyl (C=O) groups is 4. The normalized spacial score (nSPS) is 18.5. The molecule has 4 aliphatic heterocycles. The van der Waals surface area contributed by atoms with Crippen molar-refractivity contribution in [2.45, 2.75) is 63.6 Å². The minimum absolute atomic E-state index is 0.104. The molecule has 3 aromatic carbocycles. The number of methoxy groups -OCH3 is 1. The summed E-state index contributed by atoms with van der Waals surface area (Å²) in [7, 11) is -0.792. The number of imide groups is 1. The molecule has 0 bridgehead atoms. The van der Waals surface area contributed by atoms with Gasteiger partial charge in [0.2, 0.25) is 17.7 Å². The van der Waals surface area contributed by atoms with Crippen LogP contribution in [0.4, 0.5) is 11.4 Å². The number of nitrogens with zero attached hydrogens (tertiary/aromatic N) is 6. The summed E-state index contributed by atoms with van der Waals surface area (Å²) >= 11 is 6.57. The molecule has 0 radical (unpaired) electrons. The molecule has 3 fully saturated rings. The molecule has 3 saturated heterocycles. The first kappa shape index (κ1) is 46.2. The standard InChI is InChI=1S/C48H58ClN8O7P/c1-63-42-29-35(12-11-32(42)28-44-51-30-38(49)40(52-44)27-33-7-4-5-10-43(33)65(2,3)62)54-19-15-34(16-20-54)55-21-23-56(24-22-55)46(59)17-25-64-26-18-50-39-9-6-8-36-37(39)31-57(48(36)61)41-13-14-45(58)53-47(41)60/h4-12,29-30,34,41,50H,13-28,31H2,1-3H3,(H,53,58,60). The summed E-state index contributed by atoms with van der Waals surface area (Å²) in [6.07, 6.45) is 5.52. The largest absolute Gasteiger partial charge is 0.496 e. The Bertz CT molecular complexity index is 2470. The molecule has 4 aliphatic rings. The average molecular weight is 925 g/mol. The topological polar surface area (TPSA) is 167 Å². The van der Waals surface area contributed by atoms with Crippen LogP contribution in [0.25, 0.3) is 0 Å². The Morgan fingerprint density at radius 3 is 2.46 bits per heavy atom. The molecule has 0 aliphatic carbocycles. The molecule has 0 spiro atoms. The van der Waals surface area contributed by atoms with Gasteiger partial charge < -0.3 is 34.1 Å². The molecule has 4 amide bonds. The van der Waals surface area contributed by atoms with Gasteiger partial charge in [-0.1, -0.05) is 48.0 Å². The zero-order chi connectivity index (χ0) is 45.7. The fraction of sp³-hybridized carbons (Fsp3) is 0.458. The molecule has 1 unspecified atom stereocenters. The van der Waals surface area contributed by atoms with Crippen LogP contribution in [0.2, 0.25) is 5.02 Å². The van der Waals surface area contributed by atoms with Crippen LogP contribution in [0.15, 0.2) is 66.9 Å². The van der Waals surface area contributed by atoms with E-state index in [0.29, 0.717) is 93.2 Å². The van der Waals surface area contributed by atoms with Crippen molar-refractivity contribution in [3.05, 3.63) is 106 Å². The van der Waals surface area contributed by atoms with E-state index >= 15 is 0 Å². The van der Waals surface area contributed by atoms with E-state index in [1.807, 2.05) is 41.3 Å². The van der Waals surface area contributed by atoms with Gasteiger partial charge in [-0.05, 0) is 56.4 Å². The number of hydrogen-bond acceptors (Lipinski definition) is 12. The number of anilines is 2. The highest BCUT2D eigenvalue weighted by Gasteiger charge is 2.40. The number of fused-ring (bicyclic) bond motifs is 1. The number of nitrogens with one attached hydrogen (secondary N) is 2. The van der Waals surface area contributed by atoms with Crippen molar-refractivity contribution in [2.24, 2.45) is 0 Å². The fourth-order valence-corrected chi connectivity index (χ4v) is 11.0. The maximum atomic E-state index is 13.1. The molecule has 0 saturated carbocycles. The van der Waals surface area contributed by atoms with Gasteiger partial charge in [-0.25, -0.2) is 9.97 Å². The second-order valence-corrected chi connectivity index (χ2v) is 21.2. The van der Waals surface area contributed by atoms with Crippen LogP contribution < -0.4 is 25.6 Å². The lowest BCUT2D eigenvalue weighted by atomic mass is 10.0. The Morgan fingerprint density at radius 1 is 0.923 bits per heavy atom. The second kappa shape index (κ2) is 20.4. The number of ether oxygens (including phenoxy) is 2. The van der Waals surface area contributed by atoms with Crippen LogP contribution in [0.1, 0.15) is 70.7 Å². The Kier molecular flexibility index (Phi) is 14.5. The van der Waals surface area contributed by atoms with Crippen molar-refractivity contribution in [3.63, 3.8) is 0 Å². The van der Waals surface area contributed by atoms with Gasteiger partial charge in [0.15, 0.2) is 0 Å². The van der Waals surface area contributed by atoms with Crippen LogP contribution in [0.3, 0.4) is 0 Å². The van der Waals surface area contributed by atoms with Gasteiger partial charge in [0.1, 0.15) is 24.8 Å². The zero-order valence-electron chi connectivity index (χ0n) is 37.4. The molecule has 8 rings (SSSR count). The minimum Gasteiger partial charge on any atom is -0.496 e. The Labute approximate surface area is 385 Å². The van der Waals surface area contributed by atoms with Crippen molar-refractivity contribution in [1.82, 2.24) is 30.0 Å². The summed E-state index contributed by atoms with van der Waals surface area (Å²) in [5, 5.41) is 7.02. The highest BCUT2D eigenvalue weighted by Crippen LogP contribution is 2.37. The number of rotatable bonds is 16. The van der Waals surface area contributed by atoms with E-state index in [2.05, 4.69) is 43.6 Å². The van der Waals surface area contributed by atoms with E-state index in [9.17, 15) is 23.7 Å². The number of hydrogen-bond donors (Lipinski definition) is 2. The van der Waals surface area contributed by atoms with E-state index in [1.165, 1.54) is 0 Å². The SMILES string of the molecule is COc1cc(N2CCC(N3CCN(C(=O)CCOCCNc4cccc5c4CN(C4CCC(=O)NC4=O)C5=O)CC3)CC2)ccc1Cc1ncc(Cl)c(Cc2ccccc2P(C)(C)=O)n1. The molecule has 17 heteroatoms. The van der Waals surface area contributed by atoms with Crippen molar-refractivity contribution < 1.29 is 33.2 Å². The van der Waals surface area contributed by atoms with Crippen LogP contribution in [0.5, 0.6) is 5.75 Å². The molecule has 1 aromatic heterocycles. The predicted molar refractivity (Wildman–Crippen MR) is 251 cm³/mol. The molecule has 5 heterocycles. The van der Waals surface area contributed by atoms with Gasteiger partial charge in [-0.2, -0.15) is 0 Å². The molecule has 65 heavy (non-hydrogen) atoms. The number of carbonyl (C=O) groups excluding carboxylic acids is 4. The molecular weight excluding hydrogens is 867 g/mol. The zero-order valence-corrected chi connectivity index (χ0v) is 39.0. The average Bonchev–Trinajstić information content (AvgIpc) is 3.64. The fourth-order valence-electron chi connectivity index (χ4n) is 9.52. The monoisotopic (exact) mass is 924 g/mol. The summed E-state index contributed by atoms with van der Waals surface area (Å²) in [6, 6.07) is 19.4. The van der Waals surface area contributed by atoms with Crippen LogP contribution in [-0.4, -0.2) is 140 Å². The number of benzene rings is 3. The van der Waals surface area contributed by atoms with Crippen molar-refractivity contribution in [3.8, 4) is 5.75 Å². The number of aromatic nitrogens is 2. The first-order valence-corrected chi connectivity index (χ1v) is 25.5. The molecular formula is C48H58ClN8O7P. The third-order valence-electron chi connectivity index (χ3n) is 13.0. The first-order valence-electron chi connectivity index (χ1n) is 22.5. The number of piperazine rings is 1. The number of piperidine rings is 2. The molecule has 344 valence electrons. The lowest BCUT2D eigenvalue weighted by molar-refractivity contribution is -0.137. The molecule has 4 aromatic rings. The van der Waals surface area contributed by atoms with Crippen LogP contribution in [-0.2, 0) is 43.1 Å². The van der Waals surface area contributed by atoms with E-state index < -0.39 is 19.1 Å². The van der Waals surface area contributed by atoms with Crippen LogP contribution >= 0.6 is 18.7 Å². The third kappa shape index (κ3) is 10.9. The highest BCUT2D eigenvalue weighted by atomic mass is 35.5. The second-order valence-electron chi connectivity index (χ2n) is 17.6. The maximum absolute atomic E-state index is 13.1. The summed E-state index contributed by atoms with van der Waals surface area (Å²) in [5.41, 5.74) is 5.95. The Balaban J connectivity index is 0.745. The van der Waals surface area contributed by atoms with Gasteiger partial charge in [0.25, 0.3) is 5.91 Å². The molecule has 15 nitrogen and oxygen atoms in total. The van der Waals surface area contributed by atoms with E-state index in [4.69, 9.17) is 26.1 Å². The molecule has 2 N–H and O–H groups in total. The van der Waals surface area contributed by atoms with Gasteiger partial charge in [-0.15, -0.1) is 0 Å². The summed E-state index contributed by atoms with van der Waals surface area (Å²) in [5.74, 6) is 0.580. The van der Waals surface area contributed by atoms with Crippen molar-refractivity contribution in [2.75, 3.05) is 89.7 Å². The first-order chi connectivity index (χ1) is 31.4.